The minimum absolute atomic E-state index is 0.185. The number of para-hydroxylation sites is 7. The number of fused-ring (bicyclic) bond motifs is 21. The number of aromatic nitrogens is 10. The Morgan fingerprint density at radius 1 is 0.267 bits per heavy atom. The molecule has 8 heterocycles. The highest BCUT2D eigenvalue weighted by atomic mass is 16.3. The molecule has 0 unspecified atom stereocenters. The predicted octanol–water partition coefficient (Wildman–Crippen LogP) is 27.5. The highest BCUT2D eigenvalue weighted by Gasteiger charge is 2.39. The largest absolute Gasteiger partial charge is 0.455 e. The summed E-state index contributed by atoms with van der Waals surface area (Å²) in [5.41, 5.74) is 26.2. The molecule has 0 saturated heterocycles. The highest BCUT2D eigenvalue weighted by Crippen LogP contribution is 2.53. The quantitative estimate of drug-likeness (QED) is 0.142. The van der Waals surface area contributed by atoms with E-state index >= 15 is 0 Å². The van der Waals surface area contributed by atoms with E-state index in [1.165, 1.54) is 71.2 Å². The summed E-state index contributed by atoms with van der Waals surface area (Å²) in [7, 11) is 0. The topological polar surface area (TPSA) is 110 Å². The molecule has 0 bridgehead atoms. The van der Waals surface area contributed by atoms with E-state index in [-0.39, 0.29) is 5.41 Å². The highest BCUT2D eigenvalue weighted by molar-refractivity contribution is 6.24. The van der Waals surface area contributed by atoms with Gasteiger partial charge < -0.3 is 8.98 Å². The monoisotopic (exact) mass is 1540 g/mol. The summed E-state index contributed by atoms with van der Waals surface area (Å²) in [5.74, 6) is 3.49. The maximum Gasteiger partial charge on any atom is 0.238 e. The van der Waals surface area contributed by atoms with Gasteiger partial charge in [-0.05, 0) is 118 Å². The van der Waals surface area contributed by atoms with Crippen molar-refractivity contribution in [3.63, 3.8) is 0 Å². The molecule has 1 aliphatic carbocycles. The van der Waals surface area contributed by atoms with E-state index in [0.717, 1.165) is 127 Å². The van der Waals surface area contributed by atoms with Crippen LogP contribution in [0.1, 0.15) is 25.0 Å². The average Bonchev–Trinajstić information content (AvgIpc) is 1.54. The van der Waals surface area contributed by atoms with E-state index in [1.54, 1.807) is 0 Å². The van der Waals surface area contributed by atoms with Gasteiger partial charge in [0, 0.05) is 87.2 Å². The Labute approximate surface area is 690 Å². The third kappa shape index (κ3) is 11.3. The van der Waals surface area contributed by atoms with Crippen LogP contribution in [0.25, 0.3) is 211 Å². The van der Waals surface area contributed by atoms with E-state index in [0.29, 0.717) is 23.5 Å². The Kier molecular flexibility index (Phi) is 16.3. The van der Waals surface area contributed by atoms with Gasteiger partial charge in [0.1, 0.15) is 17.0 Å². The maximum absolute atomic E-state index is 6.43. The smallest absolute Gasteiger partial charge is 0.238 e. The SMILES string of the molecule is CC1(C)c2ccccc2-c2ccc3c4ccccc4n(-c4nc(-c5ccccc5)nc(-c5ccccc5)n4)c3c21.c1ccc(-c2cc(-c3ccccc3)nc(-n3c4ccccc4c4cc5c(cc43)c3ccccc3n5-c3ccccc3)c2)cc1.c1ccc(-c2nc(-n3c4ccccc4c4c5oc6ccccc6c5ccc43)nc3ccccc23)cc1. The van der Waals surface area contributed by atoms with Gasteiger partial charge in [0.05, 0.1) is 66.4 Å². The molecule has 0 radical (unpaired) electrons. The van der Waals surface area contributed by atoms with Crippen LogP contribution in [0.15, 0.2) is 405 Å². The van der Waals surface area contributed by atoms with Crippen molar-refractivity contribution >= 4 is 120 Å². The fraction of sp³-hybridized carbons (Fsp3) is 0.0275. The molecule has 0 N–H and O–H groups in total. The molecule has 0 spiro atoms. The lowest BCUT2D eigenvalue weighted by molar-refractivity contribution is 0.663. The van der Waals surface area contributed by atoms with Crippen molar-refractivity contribution in [2.75, 3.05) is 0 Å². The van der Waals surface area contributed by atoms with Crippen LogP contribution < -0.4 is 0 Å². The maximum atomic E-state index is 6.43. The van der Waals surface area contributed by atoms with Crippen molar-refractivity contribution in [3.8, 4) is 90.9 Å². The Morgan fingerprint density at radius 3 is 1.38 bits per heavy atom. The molecule has 0 amide bonds. The van der Waals surface area contributed by atoms with Crippen molar-refractivity contribution < 1.29 is 4.42 Å². The van der Waals surface area contributed by atoms with E-state index in [4.69, 9.17) is 34.3 Å². The lowest BCUT2D eigenvalue weighted by Crippen LogP contribution is -2.17. The minimum atomic E-state index is -0.185. The van der Waals surface area contributed by atoms with E-state index < -0.39 is 0 Å². The zero-order chi connectivity index (χ0) is 79.5. The van der Waals surface area contributed by atoms with Crippen LogP contribution in [0.2, 0.25) is 0 Å². The van der Waals surface area contributed by atoms with Crippen molar-refractivity contribution in [3.05, 3.63) is 412 Å². The minimum Gasteiger partial charge on any atom is -0.455 e. The lowest BCUT2D eigenvalue weighted by Gasteiger charge is -2.23. The van der Waals surface area contributed by atoms with Gasteiger partial charge in [-0.15, -0.1) is 0 Å². The summed E-state index contributed by atoms with van der Waals surface area (Å²) in [6.07, 6.45) is 0. The van der Waals surface area contributed by atoms with E-state index in [1.807, 2.05) is 78.9 Å². The first-order chi connectivity index (χ1) is 59.3. The molecule has 11 heteroatoms. The predicted molar refractivity (Wildman–Crippen MR) is 493 cm³/mol. The number of nitrogens with zero attached hydrogens (tertiary/aromatic N) is 10. The molecular formula is C109H72N10O. The Bertz CT molecular complexity index is 8060. The number of benzene rings is 16. The van der Waals surface area contributed by atoms with Crippen LogP contribution in [-0.4, -0.2) is 48.2 Å². The first kappa shape index (κ1) is 69.5. The normalized spacial score (nSPS) is 12.3. The molecule has 16 aromatic carbocycles. The van der Waals surface area contributed by atoms with Gasteiger partial charge in [-0.3, -0.25) is 13.7 Å². The second-order valence-electron chi connectivity index (χ2n) is 31.2. The summed E-state index contributed by atoms with van der Waals surface area (Å²) in [5, 5.41) is 12.8. The van der Waals surface area contributed by atoms with Gasteiger partial charge in [0.15, 0.2) is 11.6 Å². The molecule has 120 heavy (non-hydrogen) atoms. The third-order valence-electron chi connectivity index (χ3n) is 24.0. The zero-order valence-electron chi connectivity index (χ0n) is 65.5. The molecule has 8 aromatic heterocycles. The first-order valence-electron chi connectivity index (χ1n) is 40.7. The summed E-state index contributed by atoms with van der Waals surface area (Å²) in [6, 6.07) is 140. The summed E-state index contributed by atoms with van der Waals surface area (Å²) in [4.78, 5) is 30.7. The number of rotatable bonds is 9. The van der Waals surface area contributed by atoms with Crippen LogP contribution >= 0.6 is 0 Å². The summed E-state index contributed by atoms with van der Waals surface area (Å²) in [6.45, 7) is 4.66. The standard InChI is InChI=1S/C41H27N3.C36H26N4.C32H19N3O/c1-4-14-28(15-5-1)30-24-36(29-16-6-2-7-17-29)42-41(25-30)44-38-23-13-11-21-33(38)35-26-39-34(27-40(35)44)32-20-10-12-22-37(32)43(39)31-18-8-3-9-19-31;1-36(2)29-19-11-9-17-25(29)27-21-22-28-26-18-10-12-20-30(26)40(32(28)31(27)36)35-38-33(23-13-5-3-6-14-23)37-34(39-35)24-15-7-4-8-16-24;1-2-10-20(11-3-1)30-23-13-4-7-15-25(23)33-32(34-30)35-26-16-8-5-14-24(26)29-27(35)19-18-22-21-12-6-9-17-28(21)36-31(22)29/h1-27H;3-22H,1-2H3;1-19H. The van der Waals surface area contributed by atoms with Crippen LogP contribution in [0.3, 0.4) is 0 Å². The molecule has 564 valence electrons. The van der Waals surface area contributed by atoms with Crippen LogP contribution in [0, 0.1) is 0 Å². The fourth-order valence-electron chi connectivity index (χ4n) is 18.6. The summed E-state index contributed by atoms with van der Waals surface area (Å²) >= 11 is 0. The van der Waals surface area contributed by atoms with Crippen LogP contribution in [0.4, 0.5) is 0 Å². The van der Waals surface area contributed by atoms with Gasteiger partial charge in [-0.25, -0.2) is 19.9 Å². The molecule has 0 aliphatic heterocycles. The van der Waals surface area contributed by atoms with Gasteiger partial charge in [0.25, 0.3) is 0 Å². The van der Waals surface area contributed by atoms with Gasteiger partial charge >= 0.3 is 0 Å². The van der Waals surface area contributed by atoms with Crippen LogP contribution in [0.5, 0.6) is 0 Å². The van der Waals surface area contributed by atoms with Gasteiger partial charge in [0.2, 0.25) is 11.9 Å². The number of pyridine rings is 1. The molecule has 0 atom stereocenters. The second kappa shape index (κ2) is 28.2. The fourth-order valence-corrected chi connectivity index (χ4v) is 18.6. The van der Waals surface area contributed by atoms with Crippen molar-refractivity contribution in [2.24, 2.45) is 0 Å². The van der Waals surface area contributed by atoms with Gasteiger partial charge in [-0.2, -0.15) is 9.97 Å². The molecular weight excluding hydrogens is 1470 g/mol. The molecule has 1 aliphatic rings. The number of hydrogen-bond donors (Lipinski definition) is 0. The summed E-state index contributed by atoms with van der Waals surface area (Å²) < 4.78 is 15.6. The number of furan rings is 1. The molecule has 0 saturated carbocycles. The lowest BCUT2D eigenvalue weighted by atomic mass is 9.81. The molecule has 25 rings (SSSR count). The first-order valence-corrected chi connectivity index (χ1v) is 40.7. The van der Waals surface area contributed by atoms with Gasteiger partial charge in [-0.1, -0.05) is 329 Å². The van der Waals surface area contributed by atoms with E-state index in [2.05, 4.69) is 354 Å². The van der Waals surface area contributed by atoms with Crippen molar-refractivity contribution in [2.45, 2.75) is 19.3 Å². The third-order valence-corrected chi connectivity index (χ3v) is 24.0. The number of hydrogen-bond acceptors (Lipinski definition) is 7. The van der Waals surface area contributed by atoms with E-state index in [9.17, 15) is 0 Å². The Balaban J connectivity index is 0.000000106. The van der Waals surface area contributed by atoms with Crippen molar-refractivity contribution in [1.29, 1.82) is 0 Å². The Morgan fingerprint density at radius 2 is 0.742 bits per heavy atom. The second-order valence-corrected chi connectivity index (χ2v) is 31.2. The zero-order valence-corrected chi connectivity index (χ0v) is 65.5. The molecule has 0 fully saturated rings. The average molecular weight is 1540 g/mol. The Hall–Kier alpha value is -16.0. The molecule has 11 nitrogen and oxygen atoms in total. The molecule has 24 aromatic rings. The van der Waals surface area contributed by atoms with Crippen molar-refractivity contribution in [1.82, 2.24) is 48.2 Å². The van der Waals surface area contributed by atoms with Crippen LogP contribution in [-0.2, 0) is 5.41 Å².